The first-order valence-corrected chi connectivity index (χ1v) is 29.7. The zero-order valence-electron chi connectivity index (χ0n) is 46.5. The van der Waals surface area contributed by atoms with Crippen molar-refractivity contribution < 1.29 is 28.6 Å². The van der Waals surface area contributed by atoms with Gasteiger partial charge in [0.25, 0.3) is 0 Å². The smallest absolute Gasteiger partial charge is 0.306 e. The van der Waals surface area contributed by atoms with Gasteiger partial charge in [-0.2, -0.15) is 0 Å². The van der Waals surface area contributed by atoms with Gasteiger partial charge in [-0.15, -0.1) is 0 Å². The number of carbonyl (C=O) groups is 3. The normalized spacial score (nSPS) is 12.8. The van der Waals surface area contributed by atoms with E-state index >= 15 is 0 Å². The quantitative estimate of drug-likeness (QED) is 0.0261. The Morgan fingerprint density at radius 1 is 0.296 bits per heavy atom. The summed E-state index contributed by atoms with van der Waals surface area (Å²) in [5.74, 6) is -0.930. The first-order chi connectivity index (χ1) is 35.0. The molecule has 0 aromatic carbocycles. The Labute approximate surface area is 438 Å². The summed E-state index contributed by atoms with van der Waals surface area (Å²) < 4.78 is 16.8. The summed E-state index contributed by atoms with van der Waals surface area (Å²) in [7, 11) is 0. The number of ether oxygens (including phenoxy) is 3. The summed E-state index contributed by atoms with van der Waals surface area (Å²) in [6.45, 7) is 6.49. The molecule has 0 radical (unpaired) electrons. The fraction of sp³-hybridized carbons (Fsp3) is 0.708. The van der Waals surface area contributed by atoms with E-state index in [1.54, 1.807) is 0 Å². The van der Waals surface area contributed by atoms with E-state index < -0.39 is 6.10 Å². The molecule has 71 heavy (non-hydrogen) atoms. The Kier molecular flexibility index (Phi) is 55.9. The topological polar surface area (TPSA) is 78.9 Å². The molecule has 1 atom stereocenters. The van der Waals surface area contributed by atoms with Crippen LogP contribution in [0.5, 0.6) is 0 Å². The van der Waals surface area contributed by atoms with Crippen LogP contribution in [-0.2, 0) is 28.6 Å². The summed E-state index contributed by atoms with van der Waals surface area (Å²) in [6.07, 6.45) is 78.4. The highest BCUT2D eigenvalue weighted by molar-refractivity contribution is 5.71. The summed E-state index contributed by atoms with van der Waals surface area (Å²) in [5, 5.41) is 0. The maximum absolute atomic E-state index is 12.8. The van der Waals surface area contributed by atoms with Gasteiger partial charge in [0, 0.05) is 19.3 Å². The molecule has 0 spiro atoms. The van der Waals surface area contributed by atoms with Crippen LogP contribution in [0.4, 0.5) is 0 Å². The molecule has 1 unspecified atom stereocenters. The number of rotatable bonds is 53. The molecule has 0 aliphatic rings. The summed E-state index contributed by atoms with van der Waals surface area (Å²) in [4.78, 5) is 38.1. The second-order valence-corrected chi connectivity index (χ2v) is 19.5. The Hall–Kier alpha value is -3.67. The molecule has 0 saturated heterocycles. The molecule has 0 saturated carbocycles. The molecule has 0 N–H and O–H groups in total. The highest BCUT2D eigenvalue weighted by Crippen LogP contribution is 2.16. The fourth-order valence-electron chi connectivity index (χ4n) is 8.16. The number of hydrogen-bond donors (Lipinski definition) is 0. The molecule has 6 heteroatoms. The van der Waals surface area contributed by atoms with Gasteiger partial charge in [0.1, 0.15) is 13.2 Å². The molecular formula is C65H110O6. The lowest BCUT2D eigenvalue weighted by Crippen LogP contribution is -2.30. The van der Waals surface area contributed by atoms with Gasteiger partial charge in [-0.05, 0) is 83.5 Å². The zero-order valence-corrected chi connectivity index (χ0v) is 46.5. The molecular weight excluding hydrogens is 877 g/mol. The van der Waals surface area contributed by atoms with E-state index in [0.29, 0.717) is 19.3 Å². The van der Waals surface area contributed by atoms with Gasteiger partial charge >= 0.3 is 17.9 Å². The summed E-state index contributed by atoms with van der Waals surface area (Å²) >= 11 is 0. The van der Waals surface area contributed by atoms with Gasteiger partial charge in [-0.3, -0.25) is 14.4 Å². The molecule has 0 aromatic rings. The molecule has 0 aliphatic carbocycles. The van der Waals surface area contributed by atoms with Crippen molar-refractivity contribution in [3.8, 4) is 0 Å². The number of esters is 3. The minimum atomic E-state index is -0.792. The van der Waals surface area contributed by atoms with Crippen molar-refractivity contribution >= 4 is 17.9 Å². The minimum Gasteiger partial charge on any atom is -0.462 e. The number of allylic oxidation sites excluding steroid dienone is 16. The maximum atomic E-state index is 12.8. The van der Waals surface area contributed by atoms with Crippen LogP contribution in [-0.4, -0.2) is 37.2 Å². The summed E-state index contributed by atoms with van der Waals surface area (Å²) in [6, 6.07) is 0. The van der Waals surface area contributed by atoms with E-state index in [2.05, 4.69) is 118 Å². The van der Waals surface area contributed by atoms with Gasteiger partial charge in [0.15, 0.2) is 6.10 Å². The zero-order chi connectivity index (χ0) is 51.4. The molecule has 0 rings (SSSR count). The maximum Gasteiger partial charge on any atom is 0.306 e. The van der Waals surface area contributed by atoms with Crippen LogP contribution in [0.25, 0.3) is 0 Å². The summed E-state index contributed by atoms with van der Waals surface area (Å²) in [5.41, 5.74) is 0. The van der Waals surface area contributed by atoms with Crippen molar-refractivity contribution in [2.45, 2.75) is 284 Å². The van der Waals surface area contributed by atoms with E-state index in [-0.39, 0.29) is 31.1 Å². The second kappa shape index (κ2) is 58.9. The van der Waals surface area contributed by atoms with Crippen molar-refractivity contribution in [2.24, 2.45) is 0 Å². The van der Waals surface area contributed by atoms with E-state index in [1.165, 1.54) is 128 Å². The van der Waals surface area contributed by atoms with Crippen molar-refractivity contribution in [1.82, 2.24) is 0 Å². The SMILES string of the molecule is CC/C=C\C/C=C\C/C=C\C/C=C\C/C=C\C/C=C\C/C=C\C/C=C\CCCCC(=O)OCC(COC(=O)CCCCCCCCCCC)OC(=O)CCCCCCCCCCCCCCCCCCC. The Morgan fingerprint density at radius 3 is 0.859 bits per heavy atom. The van der Waals surface area contributed by atoms with Crippen molar-refractivity contribution in [3.63, 3.8) is 0 Å². The molecule has 0 bridgehead atoms. The van der Waals surface area contributed by atoms with Crippen LogP contribution in [0.15, 0.2) is 97.2 Å². The van der Waals surface area contributed by atoms with Crippen LogP contribution in [0.2, 0.25) is 0 Å². The Balaban J connectivity index is 4.33. The average molecular weight is 988 g/mol. The molecule has 0 aromatic heterocycles. The fourth-order valence-corrected chi connectivity index (χ4v) is 8.16. The lowest BCUT2D eigenvalue weighted by Gasteiger charge is -2.18. The van der Waals surface area contributed by atoms with Crippen molar-refractivity contribution in [1.29, 1.82) is 0 Å². The predicted molar refractivity (Wildman–Crippen MR) is 307 cm³/mol. The molecule has 0 amide bonds. The highest BCUT2D eigenvalue weighted by Gasteiger charge is 2.19. The van der Waals surface area contributed by atoms with Crippen LogP contribution in [0.1, 0.15) is 278 Å². The molecule has 0 heterocycles. The van der Waals surface area contributed by atoms with Gasteiger partial charge in [0.05, 0.1) is 0 Å². The third-order valence-corrected chi connectivity index (χ3v) is 12.6. The van der Waals surface area contributed by atoms with E-state index in [4.69, 9.17) is 14.2 Å². The van der Waals surface area contributed by atoms with Crippen molar-refractivity contribution in [3.05, 3.63) is 97.2 Å². The molecule has 406 valence electrons. The number of unbranched alkanes of at least 4 members (excludes halogenated alkanes) is 26. The monoisotopic (exact) mass is 987 g/mol. The first-order valence-electron chi connectivity index (χ1n) is 29.7. The lowest BCUT2D eigenvalue weighted by atomic mass is 10.0. The second-order valence-electron chi connectivity index (χ2n) is 19.5. The molecule has 6 nitrogen and oxygen atoms in total. The van der Waals surface area contributed by atoms with Crippen LogP contribution in [0, 0.1) is 0 Å². The van der Waals surface area contributed by atoms with Gasteiger partial charge in [-0.1, -0.05) is 272 Å². The highest BCUT2D eigenvalue weighted by atomic mass is 16.6. The Bertz CT molecular complexity index is 1410. The number of hydrogen-bond acceptors (Lipinski definition) is 6. The van der Waals surface area contributed by atoms with Crippen LogP contribution < -0.4 is 0 Å². The average Bonchev–Trinajstić information content (AvgIpc) is 3.37. The van der Waals surface area contributed by atoms with Crippen LogP contribution >= 0.6 is 0 Å². The standard InChI is InChI=1S/C65H110O6/c1-4-7-10-13-16-19-21-23-25-27-28-29-30-31-32-33-34-35-36-38-39-41-43-46-49-52-55-58-64(67)70-61-62(60-69-63(66)57-54-51-48-45-18-15-12-9-6-3)71-65(68)59-56-53-50-47-44-42-40-37-26-24-22-20-17-14-11-8-5-2/h7,10,16,19,23,25,28-29,31-32,34-35,38-39,43,46,62H,4-6,8-9,11-15,17-18,20-22,24,26-27,30,33,36-37,40-42,44-45,47-61H2,1-3H3/b10-7-,19-16-,25-23-,29-28-,32-31-,35-34-,39-38-,46-43-. The van der Waals surface area contributed by atoms with E-state index in [0.717, 1.165) is 109 Å². The van der Waals surface area contributed by atoms with E-state index in [9.17, 15) is 14.4 Å². The Morgan fingerprint density at radius 2 is 0.549 bits per heavy atom. The van der Waals surface area contributed by atoms with Gasteiger partial charge in [0.2, 0.25) is 0 Å². The first kappa shape index (κ1) is 67.3. The lowest BCUT2D eigenvalue weighted by molar-refractivity contribution is -0.167. The third kappa shape index (κ3) is 57.1. The van der Waals surface area contributed by atoms with E-state index in [1.807, 2.05) is 0 Å². The van der Waals surface area contributed by atoms with Crippen molar-refractivity contribution in [2.75, 3.05) is 13.2 Å². The van der Waals surface area contributed by atoms with Gasteiger partial charge < -0.3 is 14.2 Å². The minimum absolute atomic E-state index is 0.0883. The largest absolute Gasteiger partial charge is 0.462 e. The van der Waals surface area contributed by atoms with Gasteiger partial charge in [-0.25, -0.2) is 0 Å². The predicted octanol–water partition coefficient (Wildman–Crippen LogP) is 20.1. The molecule has 0 fully saturated rings. The number of carbonyl (C=O) groups excluding carboxylic acids is 3. The molecule has 0 aliphatic heterocycles. The van der Waals surface area contributed by atoms with Crippen LogP contribution in [0.3, 0.4) is 0 Å². The third-order valence-electron chi connectivity index (χ3n) is 12.6.